The number of anilines is 1. The Bertz CT molecular complexity index is 365. The topological polar surface area (TPSA) is 51.2 Å². The molecule has 0 aromatic carbocycles. The molecule has 1 aliphatic rings. The third kappa shape index (κ3) is 2.26. The van der Waals surface area contributed by atoms with E-state index in [0.29, 0.717) is 12.3 Å². The molecule has 0 amide bonds. The molecule has 2 heterocycles. The number of pyridine rings is 1. The Morgan fingerprint density at radius 1 is 1.73 bits per heavy atom. The summed E-state index contributed by atoms with van der Waals surface area (Å²) < 4.78 is 4.65. The Hall–Kier alpha value is -1.58. The first-order valence-corrected chi connectivity index (χ1v) is 5.04. The number of hydrogen-bond acceptors (Lipinski definition) is 4. The molecule has 4 nitrogen and oxygen atoms in total. The van der Waals surface area contributed by atoms with Crippen LogP contribution in [0.2, 0.25) is 0 Å². The summed E-state index contributed by atoms with van der Waals surface area (Å²) in [6.45, 7) is 0.813. The number of nitrogens with zero attached hydrogens (tertiary/aromatic N) is 1. The largest absolute Gasteiger partial charge is 0.469 e. The van der Waals surface area contributed by atoms with Gasteiger partial charge in [0.05, 0.1) is 24.9 Å². The summed E-state index contributed by atoms with van der Waals surface area (Å²) >= 11 is 0. The number of carbonyl (C=O) groups excluding carboxylic acids is 1. The smallest absolute Gasteiger partial charge is 0.305 e. The summed E-state index contributed by atoms with van der Waals surface area (Å²) in [5, 5.41) is 3.27. The van der Waals surface area contributed by atoms with Crippen molar-refractivity contribution in [2.45, 2.75) is 12.8 Å². The van der Waals surface area contributed by atoms with Gasteiger partial charge < -0.3 is 10.1 Å². The van der Waals surface area contributed by atoms with Crippen LogP contribution in [0.3, 0.4) is 0 Å². The lowest BCUT2D eigenvalue weighted by Crippen LogP contribution is -2.26. The maximum absolute atomic E-state index is 11.1. The van der Waals surface area contributed by atoms with E-state index in [-0.39, 0.29) is 5.97 Å². The molecule has 0 bridgehead atoms. The number of esters is 1. The normalized spacial score (nSPS) is 18.9. The van der Waals surface area contributed by atoms with Gasteiger partial charge in [-0.05, 0) is 24.5 Å². The summed E-state index contributed by atoms with van der Waals surface area (Å²) in [6, 6.07) is 3.92. The van der Waals surface area contributed by atoms with Gasteiger partial charge in [0.2, 0.25) is 0 Å². The number of carbonyl (C=O) groups is 1. The second kappa shape index (κ2) is 4.29. The number of fused-ring (bicyclic) bond motifs is 1. The molecule has 4 heteroatoms. The molecule has 0 radical (unpaired) electrons. The van der Waals surface area contributed by atoms with Crippen LogP contribution in [0.1, 0.15) is 12.1 Å². The van der Waals surface area contributed by atoms with Crippen molar-refractivity contribution in [1.29, 1.82) is 0 Å². The Morgan fingerprint density at radius 3 is 3.40 bits per heavy atom. The monoisotopic (exact) mass is 206 g/mol. The van der Waals surface area contributed by atoms with Crippen LogP contribution in [0, 0.1) is 5.92 Å². The first-order chi connectivity index (χ1) is 7.29. The summed E-state index contributed by atoms with van der Waals surface area (Å²) in [5.41, 5.74) is 2.12. The lowest BCUT2D eigenvalue weighted by molar-refractivity contribution is -0.141. The standard InChI is InChI=1S/C11H14N2O2/c1-15-11(14)6-8-5-10-9(13-7-8)3-2-4-12-10/h2-4,8,13H,5-7H2,1H3. The number of rotatable bonds is 2. The fourth-order valence-corrected chi connectivity index (χ4v) is 1.82. The number of methoxy groups -OCH3 is 1. The predicted octanol–water partition coefficient (Wildman–Crippen LogP) is 1.23. The van der Waals surface area contributed by atoms with Gasteiger partial charge >= 0.3 is 5.97 Å². The molecule has 1 aromatic rings. The molecule has 80 valence electrons. The summed E-state index contributed by atoms with van der Waals surface area (Å²) in [5.74, 6) is 0.140. The third-order valence-electron chi connectivity index (χ3n) is 2.64. The van der Waals surface area contributed by atoms with E-state index in [0.717, 1.165) is 24.3 Å². The minimum absolute atomic E-state index is 0.152. The zero-order valence-electron chi connectivity index (χ0n) is 8.69. The Balaban J connectivity index is 2.02. The van der Waals surface area contributed by atoms with Crippen LogP contribution in [0.5, 0.6) is 0 Å². The molecular formula is C11H14N2O2. The van der Waals surface area contributed by atoms with Gasteiger partial charge in [-0.1, -0.05) is 0 Å². The van der Waals surface area contributed by atoms with Crippen molar-refractivity contribution in [1.82, 2.24) is 4.98 Å². The number of hydrogen-bond donors (Lipinski definition) is 1. The number of aromatic nitrogens is 1. The molecule has 1 atom stereocenters. The quantitative estimate of drug-likeness (QED) is 0.739. The van der Waals surface area contributed by atoms with Crippen LogP contribution in [0.4, 0.5) is 5.69 Å². The molecule has 2 rings (SSSR count). The van der Waals surface area contributed by atoms with Crippen LogP contribution in [0.15, 0.2) is 18.3 Å². The van der Waals surface area contributed by atoms with E-state index in [1.165, 1.54) is 7.11 Å². The molecule has 1 aliphatic heterocycles. The highest BCUT2D eigenvalue weighted by atomic mass is 16.5. The molecule has 1 N–H and O–H groups in total. The second-order valence-electron chi connectivity index (χ2n) is 3.73. The average molecular weight is 206 g/mol. The van der Waals surface area contributed by atoms with Crippen LogP contribution < -0.4 is 5.32 Å². The van der Waals surface area contributed by atoms with E-state index in [9.17, 15) is 4.79 Å². The predicted molar refractivity (Wildman–Crippen MR) is 56.6 cm³/mol. The zero-order chi connectivity index (χ0) is 10.7. The van der Waals surface area contributed by atoms with Gasteiger partial charge in [-0.2, -0.15) is 0 Å². The fourth-order valence-electron chi connectivity index (χ4n) is 1.82. The van der Waals surface area contributed by atoms with Crippen molar-refractivity contribution in [2.75, 3.05) is 19.0 Å². The molecule has 0 saturated carbocycles. The van der Waals surface area contributed by atoms with Crippen molar-refractivity contribution in [2.24, 2.45) is 5.92 Å². The van der Waals surface area contributed by atoms with Crippen molar-refractivity contribution in [3.05, 3.63) is 24.0 Å². The van der Waals surface area contributed by atoms with Crippen molar-refractivity contribution in [3.8, 4) is 0 Å². The van der Waals surface area contributed by atoms with Crippen molar-refractivity contribution in [3.63, 3.8) is 0 Å². The van der Waals surface area contributed by atoms with Crippen LogP contribution >= 0.6 is 0 Å². The second-order valence-corrected chi connectivity index (χ2v) is 3.73. The Kier molecular flexibility index (Phi) is 2.85. The Morgan fingerprint density at radius 2 is 2.60 bits per heavy atom. The molecule has 15 heavy (non-hydrogen) atoms. The minimum atomic E-state index is -0.152. The lowest BCUT2D eigenvalue weighted by atomic mass is 9.95. The van der Waals surface area contributed by atoms with Gasteiger partial charge in [-0.25, -0.2) is 0 Å². The molecule has 0 saturated heterocycles. The van der Waals surface area contributed by atoms with Crippen LogP contribution in [-0.2, 0) is 16.0 Å². The average Bonchev–Trinajstić information content (AvgIpc) is 2.29. The lowest BCUT2D eigenvalue weighted by Gasteiger charge is -2.24. The van der Waals surface area contributed by atoms with Gasteiger partial charge in [-0.15, -0.1) is 0 Å². The van der Waals surface area contributed by atoms with E-state index in [4.69, 9.17) is 0 Å². The van der Waals surface area contributed by atoms with E-state index in [2.05, 4.69) is 15.0 Å². The molecule has 0 spiro atoms. The summed E-state index contributed by atoms with van der Waals surface area (Å²) in [6.07, 6.45) is 3.08. The van der Waals surface area contributed by atoms with E-state index < -0.39 is 0 Å². The highest BCUT2D eigenvalue weighted by Crippen LogP contribution is 2.23. The van der Waals surface area contributed by atoms with E-state index in [1.54, 1.807) is 6.20 Å². The van der Waals surface area contributed by atoms with Gasteiger partial charge in [0, 0.05) is 12.7 Å². The van der Waals surface area contributed by atoms with E-state index in [1.807, 2.05) is 12.1 Å². The molecule has 0 aliphatic carbocycles. The van der Waals surface area contributed by atoms with Crippen molar-refractivity contribution < 1.29 is 9.53 Å². The van der Waals surface area contributed by atoms with Crippen LogP contribution in [-0.4, -0.2) is 24.6 Å². The number of ether oxygens (including phenoxy) is 1. The van der Waals surface area contributed by atoms with Crippen LogP contribution in [0.25, 0.3) is 0 Å². The third-order valence-corrected chi connectivity index (χ3v) is 2.64. The SMILES string of the molecule is COC(=O)CC1CNc2cccnc2C1. The first kappa shape index (κ1) is 9.96. The summed E-state index contributed by atoms with van der Waals surface area (Å²) in [7, 11) is 1.42. The fraction of sp³-hybridized carbons (Fsp3) is 0.455. The molecule has 1 aromatic heterocycles. The Labute approximate surface area is 88.7 Å². The summed E-state index contributed by atoms with van der Waals surface area (Å²) in [4.78, 5) is 15.4. The van der Waals surface area contributed by atoms with Gasteiger partial charge in [0.15, 0.2) is 0 Å². The maximum atomic E-state index is 11.1. The van der Waals surface area contributed by atoms with E-state index >= 15 is 0 Å². The number of nitrogens with one attached hydrogen (secondary N) is 1. The molecular weight excluding hydrogens is 192 g/mol. The highest BCUT2D eigenvalue weighted by molar-refractivity contribution is 5.69. The highest BCUT2D eigenvalue weighted by Gasteiger charge is 2.21. The van der Waals surface area contributed by atoms with Gasteiger partial charge in [-0.3, -0.25) is 9.78 Å². The maximum Gasteiger partial charge on any atom is 0.305 e. The van der Waals surface area contributed by atoms with Crippen molar-refractivity contribution >= 4 is 11.7 Å². The van der Waals surface area contributed by atoms with Gasteiger partial charge in [0.25, 0.3) is 0 Å². The van der Waals surface area contributed by atoms with Gasteiger partial charge in [0.1, 0.15) is 0 Å². The first-order valence-electron chi connectivity index (χ1n) is 5.04. The molecule has 1 unspecified atom stereocenters. The zero-order valence-corrected chi connectivity index (χ0v) is 8.69. The molecule has 0 fully saturated rings. The minimum Gasteiger partial charge on any atom is -0.469 e.